The molecule has 3 N–H and O–H groups in total. The highest BCUT2D eigenvalue weighted by Crippen LogP contribution is 2.38. The largest absolute Gasteiger partial charge is 0.481 e. The SMILES string of the molecule is O=C(O)C[C@H](NC(=O)c1c(-c2ccccc2F)c2cc(Cl)ccc2n1Cc1cccc(Cl)c1)C(=O)O. The van der Waals surface area contributed by atoms with Gasteiger partial charge in [0.05, 0.1) is 6.42 Å². The fourth-order valence-electron chi connectivity index (χ4n) is 4.08. The van der Waals surface area contributed by atoms with Gasteiger partial charge in [0.15, 0.2) is 0 Å². The minimum atomic E-state index is -1.70. The van der Waals surface area contributed by atoms with E-state index in [4.69, 9.17) is 28.3 Å². The summed E-state index contributed by atoms with van der Waals surface area (Å²) in [6.07, 6.45) is -0.837. The van der Waals surface area contributed by atoms with Gasteiger partial charge in [-0.05, 0) is 42.0 Å². The van der Waals surface area contributed by atoms with Gasteiger partial charge in [-0.3, -0.25) is 9.59 Å². The third-order valence-electron chi connectivity index (χ3n) is 5.60. The first-order valence-corrected chi connectivity index (χ1v) is 11.5. The van der Waals surface area contributed by atoms with Gasteiger partial charge in [-0.25, -0.2) is 9.18 Å². The summed E-state index contributed by atoms with van der Waals surface area (Å²) in [7, 11) is 0. The first-order chi connectivity index (χ1) is 17.2. The van der Waals surface area contributed by atoms with Gasteiger partial charge in [-0.1, -0.05) is 53.5 Å². The number of carboxylic acid groups (broad SMARTS) is 2. The van der Waals surface area contributed by atoms with Crippen LogP contribution in [0.25, 0.3) is 22.0 Å². The van der Waals surface area contributed by atoms with Crippen LogP contribution in [0.3, 0.4) is 0 Å². The molecule has 0 aliphatic rings. The molecule has 0 fully saturated rings. The quantitative estimate of drug-likeness (QED) is 0.281. The van der Waals surface area contributed by atoms with E-state index >= 15 is 4.39 Å². The number of benzene rings is 3. The molecule has 0 bridgehead atoms. The molecule has 1 atom stereocenters. The molecule has 0 radical (unpaired) electrons. The summed E-state index contributed by atoms with van der Waals surface area (Å²) in [6, 6.07) is 16.0. The number of carboxylic acids is 2. The highest BCUT2D eigenvalue weighted by atomic mass is 35.5. The molecule has 0 saturated heterocycles. The topological polar surface area (TPSA) is 109 Å². The fourth-order valence-corrected chi connectivity index (χ4v) is 4.47. The summed E-state index contributed by atoms with van der Waals surface area (Å²) in [6.45, 7) is 0.132. The van der Waals surface area contributed by atoms with E-state index < -0.39 is 36.1 Å². The van der Waals surface area contributed by atoms with Crippen molar-refractivity contribution in [2.75, 3.05) is 0 Å². The summed E-state index contributed by atoms with van der Waals surface area (Å²) in [4.78, 5) is 36.5. The average Bonchev–Trinajstić information content (AvgIpc) is 3.11. The Balaban J connectivity index is 1.99. The second kappa shape index (κ2) is 10.4. The minimum absolute atomic E-state index is 0.0472. The average molecular weight is 529 g/mol. The van der Waals surface area contributed by atoms with Crippen molar-refractivity contribution in [3.8, 4) is 11.1 Å². The Hall–Kier alpha value is -3.88. The smallest absolute Gasteiger partial charge is 0.326 e. The van der Waals surface area contributed by atoms with E-state index in [1.165, 1.54) is 18.2 Å². The van der Waals surface area contributed by atoms with Gasteiger partial charge in [-0.15, -0.1) is 0 Å². The molecule has 4 aromatic rings. The van der Waals surface area contributed by atoms with Crippen molar-refractivity contribution in [3.05, 3.63) is 93.8 Å². The van der Waals surface area contributed by atoms with Crippen LogP contribution >= 0.6 is 23.2 Å². The molecule has 1 heterocycles. The molecule has 3 aromatic carbocycles. The molecule has 0 aliphatic carbocycles. The number of hydrogen-bond donors (Lipinski definition) is 3. The summed E-state index contributed by atoms with van der Waals surface area (Å²) >= 11 is 12.4. The molecule has 0 spiro atoms. The second-order valence-corrected chi connectivity index (χ2v) is 8.92. The predicted molar refractivity (Wildman–Crippen MR) is 134 cm³/mol. The maximum Gasteiger partial charge on any atom is 0.326 e. The molecule has 184 valence electrons. The summed E-state index contributed by atoms with van der Waals surface area (Å²) in [5, 5.41) is 22.2. The zero-order valence-corrected chi connectivity index (χ0v) is 20.1. The van der Waals surface area contributed by atoms with Gasteiger partial charge in [0, 0.05) is 38.6 Å². The Morgan fingerprint density at radius 3 is 2.33 bits per heavy atom. The highest BCUT2D eigenvalue weighted by Gasteiger charge is 2.30. The van der Waals surface area contributed by atoms with Crippen LogP contribution in [0, 0.1) is 5.82 Å². The molecule has 1 aromatic heterocycles. The van der Waals surface area contributed by atoms with Crippen molar-refractivity contribution < 1.29 is 29.0 Å². The highest BCUT2D eigenvalue weighted by molar-refractivity contribution is 6.31. The zero-order valence-electron chi connectivity index (χ0n) is 18.5. The van der Waals surface area contributed by atoms with Gasteiger partial charge in [-0.2, -0.15) is 0 Å². The molecule has 36 heavy (non-hydrogen) atoms. The van der Waals surface area contributed by atoms with Gasteiger partial charge in [0.2, 0.25) is 0 Å². The number of hydrogen-bond acceptors (Lipinski definition) is 3. The van der Waals surface area contributed by atoms with Crippen LogP contribution in [0.1, 0.15) is 22.5 Å². The van der Waals surface area contributed by atoms with E-state index in [-0.39, 0.29) is 23.4 Å². The van der Waals surface area contributed by atoms with Gasteiger partial charge in [0.25, 0.3) is 5.91 Å². The van der Waals surface area contributed by atoms with E-state index in [0.717, 1.165) is 5.56 Å². The van der Waals surface area contributed by atoms with Crippen LogP contribution in [0.15, 0.2) is 66.7 Å². The van der Waals surface area contributed by atoms with Crippen molar-refractivity contribution >= 4 is 52.0 Å². The molecular weight excluding hydrogens is 510 g/mol. The van der Waals surface area contributed by atoms with Crippen LogP contribution in [-0.2, 0) is 16.1 Å². The molecule has 1 amide bonds. The van der Waals surface area contributed by atoms with Gasteiger partial charge in [0.1, 0.15) is 17.6 Å². The number of fused-ring (bicyclic) bond motifs is 1. The first-order valence-electron chi connectivity index (χ1n) is 10.7. The normalized spacial score (nSPS) is 11.9. The van der Waals surface area contributed by atoms with Crippen molar-refractivity contribution in [2.45, 2.75) is 19.0 Å². The van der Waals surface area contributed by atoms with E-state index in [0.29, 0.717) is 20.9 Å². The van der Waals surface area contributed by atoms with Crippen LogP contribution in [0.5, 0.6) is 0 Å². The number of carbonyl (C=O) groups excluding carboxylic acids is 1. The van der Waals surface area contributed by atoms with Crippen LogP contribution in [-0.4, -0.2) is 38.7 Å². The molecule has 0 unspecified atom stereocenters. The number of rotatable bonds is 8. The van der Waals surface area contributed by atoms with Crippen LogP contribution in [0.4, 0.5) is 4.39 Å². The summed E-state index contributed by atoms with van der Waals surface area (Å²) in [5.74, 6) is -4.40. The van der Waals surface area contributed by atoms with Crippen molar-refractivity contribution in [3.63, 3.8) is 0 Å². The molecule has 7 nitrogen and oxygen atoms in total. The number of carbonyl (C=O) groups is 3. The molecule has 0 aliphatic heterocycles. The standard InChI is InChI=1S/C26H19Cl2FN2O5/c27-15-5-3-4-14(10-15)13-31-21-9-8-16(28)11-18(21)23(17-6-1-2-7-19(17)29)24(31)25(34)30-20(26(35)36)12-22(32)33/h1-11,20H,12-13H2,(H,30,34)(H,32,33)(H,35,36)/t20-/m0/s1. The Morgan fingerprint density at radius 2 is 1.67 bits per heavy atom. The van der Waals surface area contributed by atoms with Gasteiger partial charge < -0.3 is 20.1 Å². The minimum Gasteiger partial charge on any atom is -0.481 e. The third-order valence-corrected chi connectivity index (χ3v) is 6.07. The van der Waals surface area contributed by atoms with E-state index in [2.05, 4.69) is 5.32 Å². The van der Waals surface area contributed by atoms with E-state index in [1.807, 2.05) is 0 Å². The maximum absolute atomic E-state index is 15.0. The lowest BCUT2D eigenvalue weighted by molar-refractivity contribution is -0.145. The zero-order chi connectivity index (χ0) is 26.0. The number of halogens is 3. The molecule has 0 saturated carbocycles. The second-order valence-electron chi connectivity index (χ2n) is 8.04. The lowest BCUT2D eigenvalue weighted by Crippen LogP contribution is -2.43. The fraction of sp³-hybridized carbons (Fsp3) is 0.115. The van der Waals surface area contributed by atoms with E-state index in [9.17, 15) is 19.5 Å². The lowest BCUT2D eigenvalue weighted by atomic mass is 10.0. The van der Waals surface area contributed by atoms with Crippen LogP contribution < -0.4 is 5.32 Å². The number of nitrogens with zero attached hydrogens (tertiary/aromatic N) is 1. The van der Waals surface area contributed by atoms with Crippen molar-refractivity contribution in [1.29, 1.82) is 0 Å². The molecule has 10 heteroatoms. The Morgan fingerprint density at radius 1 is 0.944 bits per heavy atom. The monoisotopic (exact) mass is 528 g/mol. The Bertz CT molecular complexity index is 1500. The summed E-state index contributed by atoms with van der Waals surface area (Å²) < 4.78 is 16.6. The molecular formula is C26H19Cl2FN2O5. The number of aromatic nitrogens is 1. The Labute approximate surface area is 214 Å². The Kier molecular flexibility index (Phi) is 7.28. The maximum atomic E-state index is 15.0. The number of nitrogens with one attached hydrogen (secondary N) is 1. The van der Waals surface area contributed by atoms with Crippen molar-refractivity contribution in [1.82, 2.24) is 9.88 Å². The predicted octanol–water partition coefficient (Wildman–Crippen LogP) is 5.46. The first kappa shape index (κ1) is 25.2. The number of aliphatic carboxylic acids is 2. The van der Waals surface area contributed by atoms with Crippen molar-refractivity contribution in [2.24, 2.45) is 0 Å². The van der Waals surface area contributed by atoms with Gasteiger partial charge >= 0.3 is 11.9 Å². The molecule has 4 rings (SSSR count). The number of amides is 1. The third kappa shape index (κ3) is 5.19. The van der Waals surface area contributed by atoms with E-state index in [1.54, 1.807) is 53.1 Å². The summed E-state index contributed by atoms with van der Waals surface area (Å²) in [5.41, 5.74) is 1.51. The van der Waals surface area contributed by atoms with Crippen LogP contribution in [0.2, 0.25) is 10.0 Å². The lowest BCUT2D eigenvalue weighted by Gasteiger charge is -2.16.